The summed E-state index contributed by atoms with van der Waals surface area (Å²) in [6.45, 7) is 0.812. The van der Waals surface area contributed by atoms with E-state index in [0.717, 1.165) is 25.3 Å². The zero-order valence-corrected chi connectivity index (χ0v) is 15.0. The molecule has 0 bridgehead atoms. The molecule has 1 heterocycles. The van der Waals surface area contributed by atoms with Crippen molar-refractivity contribution in [2.45, 2.75) is 36.6 Å². The second kappa shape index (κ2) is 8.61. The van der Waals surface area contributed by atoms with E-state index in [2.05, 4.69) is 0 Å². The number of halogens is 1. The minimum Gasteiger partial charge on any atom is -0.490 e. The smallest absolute Gasteiger partial charge is 0.312 e. The molecule has 1 unspecified atom stereocenters. The molecule has 0 aliphatic carbocycles. The van der Waals surface area contributed by atoms with Crippen molar-refractivity contribution in [1.29, 1.82) is 0 Å². The molecule has 24 heavy (non-hydrogen) atoms. The molecule has 1 fully saturated rings. The summed E-state index contributed by atoms with van der Waals surface area (Å²) in [4.78, 5) is 10.4. The van der Waals surface area contributed by atoms with E-state index in [1.54, 1.807) is 0 Å². The van der Waals surface area contributed by atoms with Crippen LogP contribution in [-0.4, -0.2) is 43.9 Å². The van der Waals surface area contributed by atoms with Crippen molar-refractivity contribution in [2.24, 2.45) is 5.73 Å². The molecule has 1 aliphatic rings. The molecule has 136 valence electrons. The summed E-state index contributed by atoms with van der Waals surface area (Å²) in [6.07, 6.45) is 3.07. The maximum absolute atomic E-state index is 12.9. The van der Waals surface area contributed by atoms with Gasteiger partial charge in [-0.25, -0.2) is 8.42 Å². The summed E-state index contributed by atoms with van der Waals surface area (Å²) in [5, 5.41) is 11.1. The summed E-state index contributed by atoms with van der Waals surface area (Å²) in [6, 6.07) is 3.56. The average molecular weight is 380 g/mol. The van der Waals surface area contributed by atoms with E-state index in [1.165, 1.54) is 23.5 Å². The Labute approximate surface area is 147 Å². The molecular weight excluding hydrogens is 358 g/mol. The monoisotopic (exact) mass is 379 g/mol. The van der Waals surface area contributed by atoms with Gasteiger partial charge in [0.05, 0.1) is 16.9 Å². The van der Waals surface area contributed by atoms with Gasteiger partial charge in [0.15, 0.2) is 5.75 Å². The summed E-state index contributed by atoms with van der Waals surface area (Å²) < 4.78 is 32.1. The molecule has 0 spiro atoms. The van der Waals surface area contributed by atoms with E-state index in [-0.39, 0.29) is 34.8 Å². The number of piperidine rings is 1. The minimum absolute atomic E-state index is 0. The fraction of sp³-hybridized carbons (Fsp3) is 0.571. The van der Waals surface area contributed by atoms with Crippen molar-refractivity contribution in [3.63, 3.8) is 0 Å². The molecule has 2 N–H and O–H groups in total. The van der Waals surface area contributed by atoms with Gasteiger partial charge < -0.3 is 10.5 Å². The van der Waals surface area contributed by atoms with Crippen LogP contribution in [-0.2, 0) is 10.0 Å². The number of hydrogen-bond acceptors (Lipinski definition) is 6. The zero-order chi connectivity index (χ0) is 17.0. The van der Waals surface area contributed by atoms with Gasteiger partial charge in [0.1, 0.15) is 0 Å². The summed E-state index contributed by atoms with van der Waals surface area (Å²) in [5.74, 6) is 0.0334. The molecule has 0 aromatic heterocycles. The van der Waals surface area contributed by atoms with E-state index in [9.17, 15) is 18.5 Å². The van der Waals surface area contributed by atoms with Crippen molar-refractivity contribution in [3.05, 3.63) is 28.3 Å². The molecule has 0 saturated carbocycles. The molecule has 1 aromatic rings. The number of sulfonamides is 1. The van der Waals surface area contributed by atoms with Crippen molar-refractivity contribution < 1.29 is 18.1 Å². The van der Waals surface area contributed by atoms with Gasteiger partial charge in [0.25, 0.3) is 0 Å². The first-order chi connectivity index (χ1) is 10.9. The predicted molar refractivity (Wildman–Crippen MR) is 92.1 cm³/mol. The number of benzene rings is 1. The number of methoxy groups -OCH3 is 1. The third kappa shape index (κ3) is 4.15. The lowest BCUT2D eigenvalue weighted by Gasteiger charge is -2.34. The second-order valence-electron chi connectivity index (χ2n) is 5.43. The second-order valence-corrected chi connectivity index (χ2v) is 7.32. The minimum atomic E-state index is -3.80. The maximum atomic E-state index is 12.9. The predicted octanol–water partition coefficient (Wildman–Crippen LogP) is 1.92. The molecule has 1 aliphatic heterocycles. The molecule has 1 aromatic carbocycles. The number of hydrogen-bond donors (Lipinski definition) is 1. The van der Waals surface area contributed by atoms with E-state index < -0.39 is 14.9 Å². The van der Waals surface area contributed by atoms with Crippen LogP contribution in [0.1, 0.15) is 25.7 Å². The highest BCUT2D eigenvalue weighted by Gasteiger charge is 2.34. The van der Waals surface area contributed by atoms with Crippen LogP contribution in [0.2, 0.25) is 0 Å². The number of nitrogens with zero attached hydrogens (tertiary/aromatic N) is 2. The Morgan fingerprint density at radius 3 is 2.71 bits per heavy atom. The van der Waals surface area contributed by atoms with Crippen LogP contribution >= 0.6 is 12.4 Å². The molecule has 2 rings (SSSR count). The Bertz CT molecular complexity index is 681. The Balaban J connectivity index is 0.00000288. The van der Waals surface area contributed by atoms with Gasteiger partial charge in [-0.3, -0.25) is 10.1 Å². The summed E-state index contributed by atoms with van der Waals surface area (Å²) in [5.41, 5.74) is 5.22. The van der Waals surface area contributed by atoms with E-state index in [4.69, 9.17) is 10.5 Å². The molecule has 1 saturated heterocycles. The van der Waals surface area contributed by atoms with Gasteiger partial charge in [0, 0.05) is 18.7 Å². The first-order valence-electron chi connectivity index (χ1n) is 7.46. The summed E-state index contributed by atoms with van der Waals surface area (Å²) >= 11 is 0. The highest BCUT2D eigenvalue weighted by atomic mass is 35.5. The summed E-state index contributed by atoms with van der Waals surface area (Å²) in [7, 11) is -2.49. The Kier molecular flexibility index (Phi) is 7.40. The first-order valence-corrected chi connectivity index (χ1v) is 8.90. The van der Waals surface area contributed by atoms with E-state index in [1.807, 2.05) is 0 Å². The molecule has 0 amide bonds. The Morgan fingerprint density at radius 1 is 1.42 bits per heavy atom. The van der Waals surface area contributed by atoms with Crippen molar-refractivity contribution >= 4 is 28.1 Å². The van der Waals surface area contributed by atoms with Crippen LogP contribution < -0.4 is 10.5 Å². The molecule has 10 heteroatoms. The van der Waals surface area contributed by atoms with Crippen LogP contribution in [0, 0.1) is 10.1 Å². The quantitative estimate of drug-likeness (QED) is 0.596. The standard InChI is InChI=1S/C14H21N3O5S.ClH/c1-22-14-6-5-12(10-13(14)17(18)19)23(20,21)16-9-3-2-4-11(16)7-8-15;/h5-6,10-11H,2-4,7-9,15H2,1H3;1H. The highest BCUT2D eigenvalue weighted by Crippen LogP contribution is 2.33. The van der Waals surface area contributed by atoms with Gasteiger partial charge in [-0.1, -0.05) is 6.42 Å². The number of ether oxygens (including phenoxy) is 1. The molecule has 0 radical (unpaired) electrons. The third-order valence-electron chi connectivity index (χ3n) is 4.03. The Morgan fingerprint density at radius 2 is 2.12 bits per heavy atom. The van der Waals surface area contributed by atoms with Crippen LogP contribution in [0.25, 0.3) is 0 Å². The van der Waals surface area contributed by atoms with Gasteiger partial charge in [-0.05, 0) is 37.9 Å². The fourth-order valence-electron chi connectivity index (χ4n) is 2.88. The lowest BCUT2D eigenvalue weighted by molar-refractivity contribution is -0.386. The van der Waals surface area contributed by atoms with Crippen molar-refractivity contribution in [2.75, 3.05) is 20.2 Å². The number of rotatable bonds is 6. The van der Waals surface area contributed by atoms with Crippen molar-refractivity contribution in [1.82, 2.24) is 4.31 Å². The topological polar surface area (TPSA) is 116 Å². The molecule has 1 atom stereocenters. The fourth-order valence-corrected chi connectivity index (χ4v) is 4.62. The number of nitro groups is 1. The van der Waals surface area contributed by atoms with Gasteiger partial charge in [-0.2, -0.15) is 4.31 Å². The van der Waals surface area contributed by atoms with Crippen LogP contribution in [0.15, 0.2) is 23.1 Å². The van der Waals surface area contributed by atoms with Crippen molar-refractivity contribution in [3.8, 4) is 5.75 Å². The normalized spacial score (nSPS) is 18.7. The Hall–Kier alpha value is -1.42. The van der Waals surface area contributed by atoms with Gasteiger partial charge in [-0.15, -0.1) is 12.4 Å². The highest BCUT2D eigenvalue weighted by molar-refractivity contribution is 7.89. The van der Waals surface area contributed by atoms with E-state index in [0.29, 0.717) is 19.5 Å². The third-order valence-corrected chi connectivity index (χ3v) is 5.97. The molecule has 8 nitrogen and oxygen atoms in total. The van der Waals surface area contributed by atoms with Crippen LogP contribution in [0.4, 0.5) is 5.69 Å². The zero-order valence-electron chi connectivity index (χ0n) is 13.4. The first kappa shape index (κ1) is 20.6. The van der Waals surface area contributed by atoms with Crippen LogP contribution in [0.5, 0.6) is 5.75 Å². The lowest BCUT2D eigenvalue weighted by Crippen LogP contribution is -2.44. The number of nitro benzene ring substituents is 1. The SMILES string of the molecule is COc1ccc(S(=O)(=O)N2CCCCC2CCN)cc1[N+](=O)[O-].Cl. The van der Waals surface area contributed by atoms with E-state index >= 15 is 0 Å². The van der Waals surface area contributed by atoms with Gasteiger partial charge in [0.2, 0.25) is 10.0 Å². The average Bonchev–Trinajstić information content (AvgIpc) is 2.54. The van der Waals surface area contributed by atoms with Crippen LogP contribution in [0.3, 0.4) is 0 Å². The maximum Gasteiger partial charge on any atom is 0.312 e. The lowest BCUT2D eigenvalue weighted by atomic mass is 10.0. The molecular formula is C14H22ClN3O5S. The van der Waals surface area contributed by atoms with Gasteiger partial charge >= 0.3 is 5.69 Å². The largest absolute Gasteiger partial charge is 0.490 e. The number of nitrogens with two attached hydrogens (primary N) is 1.